The number of hydrogen-bond acceptors (Lipinski definition) is 1. The molecule has 0 bridgehead atoms. The molecule has 0 radical (unpaired) electrons. The molecule has 0 unspecified atom stereocenters. The second-order valence-corrected chi connectivity index (χ2v) is 5.87. The SMILES string of the molecule is Cc1ccc(C)c(-c2[nH]c3c(Br)cccc3c2C=O)c1. The molecule has 0 atom stereocenters. The van der Waals surface area contributed by atoms with Crippen LogP contribution < -0.4 is 0 Å². The van der Waals surface area contributed by atoms with Crippen molar-refractivity contribution in [2.45, 2.75) is 13.8 Å². The van der Waals surface area contributed by atoms with E-state index in [1.165, 1.54) is 5.56 Å². The number of halogens is 1. The smallest absolute Gasteiger partial charge is 0.152 e. The summed E-state index contributed by atoms with van der Waals surface area (Å²) in [6.07, 6.45) is 0.933. The van der Waals surface area contributed by atoms with Crippen LogP contribution >= 0.6 is 15.9 Å². The molecular formula is C17H14BrNO. The fourth-order valence-corrected chi connectivity index (χ4v) is 3.01. The molecule has 0 aliphatic carbocycles. The summed E-state index contributed by atoms with van der Waals surface area (Å²) < 4.78 is 0.967. The molecule has 0 aliphatic rings. The lowest BCUT2D eigenvalue weighted by Gasteiger charge is -2.06. The maximum absolute atomic E-state index is 11.5. The van der Waals surface area contributed by atoms with E-state index in [4.69, 9.17) is 0 Å². The zero-order chi connectivity index (χ0) is 14.3. The van der Waals surface area contributed by atoms with E-state index in [1.54, 1.807) is 0 Å². The van der Waals surface area contributed by atoms with Crippen molar-refractivity contribution < 1.29 is 4.79 Å². The molecule has 0 amide bonds. The van der Waals surface area contributed by atoms with Crippen molar-refractivity contribution in [2.75, 3.05) is 0 Å². The molecule has 1 aromatic heterocycles. The van der Waals surface area contributed by atoms with Gasteiger partial charge in [-0.3, -0.25) is 4.79 Å². The van der Waals surface area contributed by atoms with Crippen LogP contribution in [0.2, 0.25) is 0 Å². The first-order valence-electron chi connectivity index (χ1n) is 6.45. The van der Waals surface area contributed by atoms with Gasteiger partial charge in [-0.15, -0.1) is 0 Å². The fraction of sp³-hybridized carbons (Fsp3) is 0.118. The van der Waals surface area contributed by atoms with Gasteiger partial charge < -0.3 is 4.98 Å². The highest BCUT2D eigenvalue weighted by atomic mass is 79.9. The van der Waals surface area contributed by atoms with E-state index in [0.717, 1.165) is 44.0 Å². The Morgan fingerprint density at radius 3 is 2.70 bits per heavy atom. The van der Waals surface area contributed by atoms with Crippen molar-refractivity contribution in [3.05, 3.63) is 57.6 Å². The number of para-hydroxylation sites is 1. The van der Waals surface area contributed by atoms with E-state index in [9.17, 15) is 4.79 Å². The zero-order valence-corrected chi connectivity index (χ0v) is 12.9. The Morgan fingerprint density at radius 2 is 1.95 bits per heavy atom. The molecule has 0 saturated carbocycles. The number of aromatic amines is 1. The van der Waals surface area contributed by atoms with Gasteiger partial charge in [0.2, 0.25) is 0 Å². The third kappa shape index (κ3) is 1.98. The third-order valence-electron chi connectivity index (χ3n) is 3.60. The summed E-state index contributed by atoms with van der Waals surface area (Å²) in [6.45, 7) is 4.12. The summed E-state index contributed by atoms with van der Waals surface area (Å²) in [5.74, 6) is 0. The molecule has 1 heterocycles. The van der Waals surface area contributed by atoms with Gasteiger partial charge in [-0.05, 0) is 47.5 Å². The molecule has 0 spiro atoms. The number of carbonyl (C=O) groups excluding carboxylic acids is 1. The topological polar surface area (TPSA) is 32.9 Å². The Balaban J connectivity index is 2.39. The van der Waals surface area contributed by atoms with Crippen molar-refractivity contribution in [1.29, 1.82) is 0 Å². The van der Waals surface area contributed by atoms with Crippen molar-refractivity contribution in [1.82, 2.24) is 4.98 Å². The number of rotatable bonds is 2. The Morgan fingerprint density at radius 1 is 1.15 bits per heavy atom. The number of fused-ring (bicyclic) bond motifs is 1. The molecule has 20 heavy (non-hydrogen) atoms. The predicted molar refractivity (Wildman–Crippen MR) is 86.3 cm³/mol. The first-order valence-corrected chi connectivity index (χ1v) is 7.24. The summed E-state index contributed by atoms with van der Waals surface area (Å²) in [6, 6.07) is 12.2. The highest BCUT2D eigenvalue weighted by Gasteiger charge is 2.15. The van der Waals surface area contributed by atoms with Gasteiger partial charge in [0.05, 0.1) is 11.2 Å². The second kappa shape index (κ2) is 4.91. The lowest BCUT2D eigenvalue weighted by Crippen LogP contribution is -1.89. The molecule has 3 aromatic rings. The quantitative estimate of drug-likeness (QED) is 0.658. The number of carbonyl (C=O) groups is 1. The molecule has 0 fully saturated rings. The van der Waals surface area contributed by atoms with Gasteiger partial charge in [0.25, 0.3) is 0 Å². The first kappa shape index (κ1) is 13.1. The van der Waals surface area contributed by atoms with E-state index in [-0.39, 0.29) is 0 Å². The lowest BCUT2D eigenvalue weighted by atomic mass is 10.00. The van der Waals surface area contributed by atoms with Crippen LogP contribution in [0.3, 0.4) is 0 Å². The molecule has 3 rings (SSSR count). The molecule has 2 aromatic carbocycles. The number of benzene rings is 2. The number of aldehydes is 1. The Bertz CT molecular complexity index is 817. The van der Waals surface area contributed by atoms with Crippen molar-refractivity contribution in [2.24, 2.45) is 0 Å². The van der Waals surface area contributed by atoms with E-state index in [0.29, 0.717) is 0 Å². The van der Waals surface area contributed by atoms with Crippen LogP contribution in [0.15, 0.2) is 40.9 Å². The van der Waals surface area contributed by atoms with Gasteiger partial charge in [-0.25, -0.2) is 0 Å². The minimum atomic E-state index is 0.718. The highest BCUT2D eigenvalue weighted by Crippen LogP contribution is 2.34. The maximum atomic E-state index is 11.5. The van der Waals surface area contributed by atoms with Crippen LogP contribution in [0.4, 0.5) is 0 Å². The average Bonchev–Trinajstić information content (AvgIpc) is 2.81. The molecule has 0 saturated heterocycles. The van der Waals surface area contributed by atoms with E-state index >= 15 is 0 Å². The molecular weight excluding hydrogens is 314 g/mol. The normalized spacial score (nSPS) is 10.9. The number of aryl methyl sites for hydroxylation is 2. The first-order chi connectivity index (χ1) is 9.61. The number of H-pyrrole nitrogens is 1. The lowest BCUT2D eigenvalue weighted by molar-refractivity contribution is 0.112. The molecule has 100 valence electrons. The van der Waals surface area contributed by atoms with Gasteiger partial charge in [0.15, 0.2) is 6.29 Å². The number of nitrogens with one attached hydrogen (secondary N) is 1. The van der Waals surface area contributed by atoms with Gasteiger partial charge in [0, 0.05) is 21.0 Å². The largest absolute Gasteiger partial charge is 0.353 e. The van der Waals surface area contributed by atoms with E-state index < -0.39 is 0 Å². The van der Waals surface area contributed by atoms with Crippen LogP contribution in [-0.4, -0.2) is 11.3 Å². The van der Waals surface area contributed by atoms with Gasteiger partial charge in [-0.1, -0.05) is 29.8 Å². The summed E-state index contributed by atoms with van der Waals surface area (Å²) >= 11 is 3.53. The van der Waals surface area contributed by atoms with Crippen LogP contribution in [-0.2, 0) is 0 Å². The minimum absolute atomic E-state index is 0.718. The predicted octanol–water partition coefficient (Wildman–Crippen LogP) is 5.03. The zero-order valence-electron chi connectivity index (χ0n) is 11.3. The van der Waals surface area contributed by atoms with Crippen LogP contribution in [0, 0.1) is 13.8 Å². The van der Waals surface area contributed by atoms with Crippen molar-refractivity contribution in [3.8, 4) is 11.3 Å². The summed E-state index contributed by atoms with van der Waals surface area (Å²) in [5, 5.41) is 0.949. The number of aromatic nitrogens is 1. The van der Waals surface area contributed by atoms with Gasteiger partial charge >= 0.3 is 0 Å². The molecule has 3 heteroatoms. The average molecular weight is 328 g/mol. The Hall–Kier alpha value is -1.87. The summed E-state index contributed by atoms with van der Waals surface area (Å²) in [5.41, 5.74) is 5.99. The van der Waals surface area contributed by atoms with Crippen molar-refractivity contribution in [3.63, 3.8) is 0 Å². The second-order valence-electron chi connectivity index (χ2n) is 5.01. The van der Waals surface area contributed by atoms with Gasteiger partial charge in [-0.2, -0.15) is 0 Å². The standard InChI is InChI=1S/C17H14BrNO/c1-10-6-7-11(2)13(8-10)16-14(9-20)12-4-3-5-15(18)17(12)19-16/h3-9,19H,1-2H3. The van der Waals surface area contributed by atoms with Crippen LogP contribution in [0.5, 0.6) is 0 Å². The van der Waals surface area contributed by atoms with Crippen LogP contribution in [0.1, 0.15) is 21.5 Å². The third-order valence-corrected chi connectivity index (χ3v) is 4.26. The van der Waals surface area contributed by atoms with Crippen molar-refractivity contribution >= 4 is 33.1 Å². The molecule has 1 N–H and O–H groups in total. The molecule has 0 aliphatic heterocycles. The monoisotopic (exact) mass is 327 g/mol. The van der Waals surface area contributed by atoms with E-state index in [2.05, 4.69) is 53.0 Å². The molecule has 2 nitrogen and oxygen atoms in total. The summed E-state index contributed by atoms with van der Waals surface area (Å²) in [4.78, 5) is 14.9. The Labute approximate surface area is 126 Å². The highest BCUT2D eigenvalue weighted by molar-refractivity contribution is 9.10. The number of hydrogen-bond donors (Lipinski definition) is 1. The van der Waals surface area contributed by atoms with Gasteiger partial charge in [0.1, 0.15) is 0 Å². The fourth-order valence-electron chi connectivity index (χ4n) is 2.54. The maximum Gasteiger partial charge on any atom is 0.152 e. The minimum Gasteiger partial charge on any atom is -0.353 e. The van der Waals surface area contributed by atoms with Crippen LogP contribution in [0.25, 0.3) is 22.2 Å². The van der Waals surface area contributed by atoms with E-state index in [1.807, 2.05) is 18.2 Å². The summed E-state index contributed by atoms with van der Waals surface area (Å²) in [7, 11) is 0. The Kier molecular flexibility index (Phi) is 3.22.